The molecule has 4 heteroatoms. The zero-order valence-corrected chi connectivity index (χ0v) is 8.66. The highest BCUT2D eigenvalue weighted by atomic mass is 16.1. The second-order valence-electron chi connectivity index (χ2n) is 4.32. The van der Waals surface area contributed by atoms with Gasteiger partial charge in [-0.15, -0.1) is 0 Å². The lowest BCUT2D eigenvalue weighted by Crippen LogP contribution is -1.95. The van der Waals surface area contributed by atoms with Crippen LogP contribution in [0.25, 0.3) is 11.0 Å². The molecule has 0 unspecified atom stereocenters. The highest BCUT2D eigenvalue weighted by Gasteiger charge is 2.24. The van der Waals surface area contributed by atoms with Gasteiger partial charge in [-0.2, -0.15) is 5.10 Å². The van der Waals surface area contributed by atoms with Crippen LogP contribution in [0, 0.1) is 5.92 Å². The summed E-state index contributed by atoms with van der Waals surface area (Å²) >= 11 is 0. The molecule has 15 heavy (non-hydrogen) atoms. The third-order valence-electron chi connectivity index (χ3n) is 3.03. The Labute approximate surface area is 87.3 Å². The predicted molar refractivity (Wildman–Crippen MR) is 56.9 cm³/mol. The Balaban J connectivity index is 2.10. The number of aldehydes is 1. The molecule has 0 radical (unpaired) electrons. The van der Waals surface area contributed by atoms with E-state index in [1.807, 2.05) is 17.8 Å². The highest BCUT2D eigenvalue weighted by molar-refractivity contribution is 5.87. The molecule has 0 atom stereocenters. The summed E-state index contributed by atoms with van der Waals surface area (Å²) in [5, 5.41) is 5.58. The number of rotatable bonds is 3. The molecule has 0 bridgehead atoms. The molecule has 1 aliphatic carbocycles. The number of aromatic nitrogens is 3. The van der Waals surface area contributed by atoms with Crippen molar-refractivity contribution in [1.82, 2.24) is 14.8 Å². The molecule has 2 heterocycles. The zero-order valence-electron chi connectivity index (χ0n) is 8.66. The Kier molecular flexibility index (Phi) is 1.71. The largest absolute Gasteiger partial charge is 0.337 e. The van der Waals surface area contributed by atoms with E-state index in [1.54, 1.807) is 0 Å². The average Bonchev–Trinajstić information content (AvgIpc) is 2.85. The minimum Gasteiger partial charge on any atom is -0.337 e. The van der Waals surface area contributed by atoms with E-state index in [0.717, 1.165) is 35.4 Å². The molecule has 78 valence electrons. The van der Waals surface area contributed by atoms with Gasteiger partial charge in [0, 0.05) is 12.4 Å². The number of carbonyl (C=O) groups is 1. The number of nitrogens with zero attached hydrogens (tertiary/aromatic N) is 2. The molecule has 0 spiro atoms. The van der Waals surface area contributed by atoms with Gasteiger partial charge in [0.15, 0.2) is 6.29 Å². The van der Waals surface area contributed by atoms with Gasteiger partial charge in [-0.25, -0.2) is 0 Å². The molecule has 0 aromatic carbocycles. The molecule has 1 N–H and O–H groups in total. The summed E-state index contributed by atoms with van der Waals surface area (Å²) in [5.41, 5.74) is 2.71. The minimum absolute atomic E-state index is 0.634. The fourth-order valence-corrected chi connectivity index (χ4v) is 2.03. The average molecular weight is 203 g/mol. The second-order valence-corrected chi connectivity index (χ2v) is 4.32. The van der Waals surface area contributed by atoms with Crippen molar-refractivity contribution in [1.29, 1.82) is 0 Å². The smallest absolute Gasteiger partial charge is 0.166 e. The standard InChI is InChI=1S/C11H13N3O/c1-14-11-9(5-8(6-15)12-11)10(13-14)4-7-2-3-7/h5-7,12H,2-4H2,1H3. The normalized spacial score (nSPS) is 16.1. The first-order valence-corrected chi connectivity index (χ1v) is 5.27. The maximum atomic E-state index is 10.7. The molecule has 1 saturated carbocycles. The topological polar surface area (TPSA) is 50.7 Å². The van der Waals surface area contributed by atoms with Crippen LogP contribution in [0.3, 0.4) is 0 Å². The lowest BCUT2D eigenvalue weighted by molar-refractivity contribution is 0.111. The lowest BCUT2D eigenvalue weighted by atomic mass is 10.2. The van der Waals surface area contributed by atoms with Crippen LogP contribution in [-0.4, -0.2) is 21.1 Å². The maximum Gasteiger partial charge on any atom is 0.166 e. The number of hydrogen-bond donors (Lipinski definition) is 1. The van der Waals surface area contributed by atoms with Crippen molar-refractivity contribution in [3.63, 3.8) is 0 Å². The number of fused-ring (bicyclic) bond motifs is 1. The quantitative estimate of drug-likeness (QED) is 0.771. The van der Waals surface area contributed by atoms with E-state index >= 15 is 0 Å². The zero-order chi connectivity index (χ0) is 10.4. The third kappa shape index (κ3) is 1.37. The molecule has 0 amide bonds. The van der Waals surface area contributed by atoms with E-state index in [1.165, 1.54) is 12.8 Å². The third-order valence-corrected chi connectivity index (χ3v) is 3.03. The van der Waals surface area contributed by atoms with Crippen molar-refractivity contribution in [2.45, 2.75) is 19.3 Å². The van der Waals surface area contributed by atoms with E-state index < -0.39 is 0 Å². The minimum atomic E-state index is 0.634. The fourth-order valence-electron chi connectivity index (χ4n) is 2.03. The molecule has 3 rings (SSSR count). The SMILES string of the molecule is Cn1nc(CC2CC2)c2cc(C=O)[nH]c21. The van der Waals surface area contributed by atoms with E-state index in [9.17, 15) is 4.79 Å². The number of aromatic amines is 1. The molecule has 2 aromatic heterocycles. The van der Waals surface area contributed by atoms with Crippen LogP contribution in [0.2, 0.25) is 0 Å². The summed E-state index contributed by atoms with van der Waals surface area (Å²) in [4.78, 5) is 13.7. The van der Waals surface area contributed by atoms with Gasteiger partial charge >= 0.3 is 0 Å². The number of hydrogen-bond acceptors (Lipinski definition) is 2. The summed E-state index contributed by atoms with van der Waals surface area (Å²) < 4.78 is 1.82. The van der Waals surface area contributed by atoms with Crippen molar-refractivity contribution in [3.8, 4) is 0 Å². The fraction of sp³-hybridized carbons (Fsp3) is 0.455. The van der Waals surface area contributed by atoms with E-state index in [0.29, 0.717) is 5.69 Å². The van der Waals surface area contributed by atoms with Crippen LogP contribution >= 0.6 is 0 Å². The Morgan fingerprint density at radius 3 is 3.13 bits per heavy atom. The summed E-state index contributed by atoms with van der Waals surface area (Å²) in [6.07, 6.45) is 4.54. The van der Waals surface area contributed by atoms with Crippen LogP contribution in [0.1, 0.15) is 29.0 Å². The van der Waals surface area contributed by atoms with Crippen molar-refractivity contribution in [2.75, 3.05) is 0 Å². The Morgan fingerprint density at radius 1 is 1.67 bits per heavy atom. The summed E-state index contributed by atoms with van der Waals surface area (Å²) in [7, 11) is 1.91. The summed E-state index contributed by atoms with van der Waals surface area (Å²) in [6, 6.07) is 1.90. The van der Waals surface area contributed by atoms with Crippen molar-refractivity contribution in [3.05, 3.63) is 17.5 Å². The lowest BCUT2D eigenvalue weighted by Gasteiger charge is -1.92. The first-order chi connectivity index (χ1) is 7.28. The van der Waals surface area contributed by atoms with Crippen LogP contribution in [0.15, 0.2) is 6.07 Å². The van der Waals surface area contributed by atoms with Gasteiger partial charge in [0.05, 0.1) is 11.4 Å². The molecule has 1 fully saturated rings. The molecule has 2 aromatic rings. The predicted octanol–water partition coefficient (Wildman–Crippen LogP) is 1.67. The highest BCUT2D eigenvalue weighted by Crippen LogP contribution is 2.34. The molecule has 4 nitrogen and oxygen atoms in total. The van der Waals surface area contributed by atoms with Gasteiger partial charge in [0.2, 0.25) is 0 Å². The van der Waals surface area contributed by atoms with Crippen LogP contribution < -0.4 is 0 Å². The first kappa shape index (κ1) is 8.71. The van der Waals surface area contributed by atoms with Crippen LogP contribution in [0.4, 0.5) is 0 Å². The van der Waals surface area contributed by atoms with Gasteiger partial charge < -0.3 is 4.98 Å². The van der Waals surface area contributed by atoms with Crippen molar-refractivity contribution >= 4 is 17.3 Å². The number of nitrogens with one attached hydrogen (secondary N) is 1. The molecular weight excluding hydrogens is 190 g/mol. The van der Waals surface area contributed by atoms with Gasteiger partial charge in [0.25, 0.3) is 0 Å². The van der Waals surface area contributed by atoms with Crippen LogP contribution in [0.5, 0.6) is 0 Å². The molecular formula is C11H13N3O. The Bertz CT molecular complexity index is 519. The second kappa shape index (κ2) is 2.95. The first-order valence-electron chi connectivity index (χ1n) is 5.27. The number of aryl methyl sites for hydroxylation is 1. The van der Waals surface area contributed by atoms with Gasteiger partial charge in [-0.3, -0.25) is 9.48 Å². The van der Waals surface area contributed by atoms with Gasteiger partial charge in [-0.05, 0) is 31.2 Å². The summed E-state index contributed by atoms with van der Waals surface area (Å²) in [6.45, 7) is 0. The monoisotopic (exact) mass is 203 g/mol. The van der Waals surface area contributed by atoms with E-state index in [2.05, 4.69) is 10.1 Å². The van der Waals surface area contributed by atoms with Crippen molar-refractivity contribution in [2.24, 2.45) is 13.0 Å². The summed E-state index contributed by atoms with van der Waals surface area (Å²) in [5.74, 6) is 0.817. The van der Waals surface area contributed by atoms with E-state index in [4.69, 9.17) is 0 Å². The maximum absolute atomic E-state index is 10.7. The van der Waals surface area contributed by atoms with Crippen LogP contribution in [-0.2, 0) is 13.5 Å². The van der Waals surface area contributed by atoms with Gasteiger partial charge in [-0.1, -0.05) is 0 Å². The van der Waals surface area contributed by atoms with Crippen molar-refractivity contribution < 1.29 is 4.79 Å². The molecule has 0 aliphatic heterocycles. The van der Waals surface area contributed by atoms with E-state index in [-0.39, 0.29) is 0 Å². The molecule has 1 aliphatic rings. The Morgan fingerprint density at radius 2 is 2.47 bits per heavy atom. The number of carbonyl (C=O) groups excluding carboxylic acids is 1. The van der Waals surface area contributed by atoms with Gasteiger partial charge in [0.1, 0.15) is 5.65 Å². The molecule has 0 saturated heterocycles. The number of H-pyrrole nitrogens is 1. The Hall–Kier alpha value is -1.58.